The number of ether oxygens (including phenoxy) is 1. The molecule has 6 nitrogen and oxygen atoms in total. The van der Waals surface area contributed by atoms with Gasteiger partial charge in [-0.15, -0.1) is 0 Å². The number of furan rings is 1. The first-order valence-corrected chi connectivity index (χ1v) is 8.74. The number of carbonyl (C=O) groups excluding carboxylic acids is 1. The van der Waals surface area contributed by atoms with Gasteiger partial charge < -0.3 is 19.0 Å². The summed E-state index contributed by atoms with van der Waals surface area (Å²) in [6, 6.07) is 7.50. The Hall–Kier alpha value is -2.34. The smallest absolute Gasteiger partial charge is 0.255 e. The van der Waals surface area contributed by atoms with Crippen LogP contribution in [0.25, 0.3) is 0 Å². The molecule has 0 bridgehead atoms. The summed E-state index contributed by atoms with van der Waals surface area (Å²) in [5.41, 5.74) is 0.601. The van der Waals surface area contributed by atoms with Crippen molar-refractivity contribution in [3.8, 4) is 0 Å². The van der Waals surface area contributed by atoms with Gasteiger partial charge in [0.25, 0.3) is 5.91 Å². The lowest BCUT2D eigenvalue weighted by Crippen LogP contribution is -2.37. The molecule has 1 amide bonds. The van der Waals surface area contributed by atoms with E-state index in [9.17, 15) is 4.79 Å². The van der Waals surface area contributed by atoms with Gasteiger partial charge >= 0.3 is 0 Å². The Balaban J connectivity index is 1.71. The van der Waals surface area contributed by atoms with Crippen molar-refractivity contribution >= 4 is 11.7 Å². The summed E-state index contributed by atoms with van der Waals surface area (Å²) in [6.07, 6.45) is 3.30. The van der Waals surface area contributed by atoms with Gasteiger partial charge in [0.05, 0.1) is 31.6 Å². The zero-order chi connectivity index (χ0) is 17.6. The van der Waals surface area contributed by atoms with Crippen LogP contribution in [0.5, 0.6) is 0 Å². The maximum absolute atomic E-state index is 12.9. The summed E-state index contributed by atoms with van der Waals surface area (Å²) in [7, 11) is 0. The van der Waals surface area contributed by atoms with Crippen LogP contribution in [0.15, 0.2) is 41.1 Å². The third kappa shape index (κ3) is 4.60. The van der Waals surface area contributed by atoms with E-state index in [-0.39, 0.29) is 5.91 Å². The number of pyridine rings is 1. The number of hydrogen-bond acceptors (Lipinski definition) is 5. The maximum Gasteiger partial charge on any atom is 0.255 e. The fourth-order valence-electron chi connectivity index (χ4n) is 2.93. The van der Waals surface area contributed by atoms with Crippen LogP contribution < -0.4 is 4.90 Å². The molecule has 3 rings (SSSR count). The van der Waals surface area contributed by atoms with Crippen LogP contribution in [0.4, 0.5) is 5.82 Å². The van der Waals surface area contributed by atoms with E-state index in [1.54, 1.807) is 12.5 Å². The fourth-order valence-corrected chi connectivity index (χ4v) is 2.93. The Labute approximate surface area is 148 Å². The van der Waals surface area contributed by atoms with Crippen LogP contribution in [-0.4, -0.2) is 48.6 Å². The molecule has 2 aromatic heterocycles. The first kappa shape index (κ1) is 17.5. The molecule has 0 unspecified atom stereocenters. The summed E-state index contributed by atoms with van der Waals surface area (Å²) in [5, 5.41) is 0. The molecule has 2 aromatic rings. The molecule has 0 aromatic carbocycles. The Morgan fingerprint density at radius 2 is 2.08 bits per heavy atom. The van der Waals surface area contributed by atoms with Crippen LogP contribution in [0.3, 0.4) is 0 Å². The minimum Gasteiger partial charge on any atom is -0.467 e. The molecule has 0 atom stereocenters. The number of carbonyl (C=O) groups is 1. The number of aromatic nitrogens is 1. The second-order valence-corrected chi connectivity index (χ2v) is 6.66. The first-order chi connectivity index (χ1) is 12.1. The minimum atomic E-state index is -0.0221. The van der Waals surface area contributed by atoms with Gasteiger partial charge in [-0.1, -0.05) is 13.8 Å². The van der Waals surface area contributed by atoms with E-state index in [4.69, 9.17) is 9.15 Å². The van der Waals surface area contributed by atoms with E-state index in [1.165, 1.54) is 0 Å². The second kappa shape index (κ2) is 8.16. The van der Waals surface area contributed by atoms with Crippen molar-refractivity contribution in [2.45, 2.75) is 20.4 Å². The average Bonchev–Trinajstić information content (AvgIpc) is 3.14. The van der Waals surface area contributed by atoms with E-state index in [2.05, 4.69) is 23.7 Å². The number of hydrogen-bond donors (Lipinski definition) is 0. The molecule has 1 fully saturated rings. The predicted octanol–water partition coefficient (Wildman–Crippen LogP) is 2.81. The van der Waals surface area contributed by atoms with Gasteiger partial charge in [-0.25, -0.2) is 4.98 Å². The van der Waals surface area contributed by atoms with Crippen molar-refractivity contribution in [2.24, 2.45) is 5.92 Å². The predicted molar refractivity (Wildman–Crippen MR) is 95.6 cm³/mol. The standard InChI is InChI=1S/C19H25N3O3/c1-15(2)13-22(14-17-4-3-9-25-17)19(23)16-5-6-18(20-12-16)21-7-10-24-11-8-21/h3-6,9,12,15H,7-8,10-11,13-14H2,1-2H3. The van der Waals surface area contributed by atoms with Crippen molar-refractivity contribution in [1.29, 1.82) is 0 Å². The van der Waals surface area contributed by atoms with Crippen molar-refractivity contribution in [3.05, 3.63) is 48.0 Å². The van der Waals surface area contributed by atoms with Gasteiger partial charge in [-0.05, 0) is 30.2 Å². The zero-order valence-electron chi connectivity index (χ0n) is 14.9. The lowest BCUT2D eigenvalue weighted by atomic mass is 10.1. The van der Waals surface area contributed by atoms with Crippen molar-refractivity contribution in [2.75, 3.05) is 37.7 Å². The van der Waals surface area contributed by atoms with Gasteiger partial charge in [0.15, 0.2) is 0 Å². The molecule has 1 aliphatic rings. The number of amides is 1. The number of nitrogens with zero attached hydrogens (tertiary/aromatic N) is 3. The Bertz CT molecular complexity index is 662. The van der Waals surface area contributed by atoms with E-state index in [0.29, 0.717) is 37.8 Å². The minimum absolute atomic E-state index is 0.0221. The van der Waals surface area contributed by atoms with Crippen LogP contribution >= 0.6 is 0 Å². The largest absolute Gasteiger partial charge is 0.467 e. The Kier molecular flexibility index (Phi) is 5.71. The molecular weight excluding hydrogens is 318 g/mol. The van der Waals surface area contributed by atoms with Crippen LogP contribution in [0.2, 0.25) is 0 Å². The molecule has 25 heavy (non-hydrogen) atoms. The second-order valence-electron chi connectivity index (χ2n) is 6.66. The van der Waals surface area contributed by atoms with Crippen LogP contribution in [-0.2, 0) is 11.3 Å². The normalized spacial score (nSPS) is 14.8. The summed E-state index contributed by atoms with van der Waals surface area (Å²) in [4.78, 5) is 21.4. The highest BCUT2D eigenvalue weighted by Crippen LogP contribution is 2.16. The number of morpholine rings is 1. The third-order valence-electron chi connectivity index (χ3n) is 4.13. The molecule has 6 heteroatoms. The molecule has 0 N–H and O–H groups in total. The zero-order valence-corrected chi connectivity index (χ0v) is 14.9. The number of anilines is 1. The van der Waals surface area contributed by atoms with Gasteiger partial charge in [0.1, 0.15) is 11.6 Å². The van der Waals surface area contributed by atoms with E-state index in [0.717, 1.165) is 24.7 Å². The van der Waals surface area contributed by atoms with E-state index < -0.39 is 0 Å². The highest BCUT2D eigenvalue weighted by molar-refractivity contribution is 5.94. The highest BCUT2D eigenvalue weighted by Gasteiger charge is 2.20. The molecule has 134 valence electrons. The van der Waals surface area contributed by atoms with E-state index >= 15 is 0 Å². The SMILES string of the molecule is CC(C)CN(Cc1ccco1)C(=O)c1ccc(N2CCOCC2)nc1. The summed E-state index contributed by atoms with van der Waals surface area (Å²) in [5.74, 6) is 2.03. The van der Waals surface area contributed by atoms with Crippen molar-refractivity contribution < 1.29 is 13.9 Å². The van der Waals surface area contributed by atoms with Crippen LogP contribution in [0, 0.1) is 5.92 Å². The maximum atomic E-state index is 12.9. The van der Waals surface area contributed by atoms with Crippen molar-refractivity contribution in [3.63, 3.8) is 0 Å². The topological polar surface area (TPSA) is 58.8 Å². The van der Waals surface area contributed by atoms with Gasteiger partial charge in [0, 0.05) is 25.8 Å². The summed E-state index contributed by atoms with van der Waals surface area (Å²) >= 11 is 0. The molecule has 1 aliphatic heterocycles. The summed E-state index contributed by atoms with van der Waals surface area (Å²) in [6.45, 7) is 8.43. The molecule has 0 saturated carbocycles. The fraction of sp³-hybridized carbons (Fsp3) is 0.474. The quantitative estimate of drug-likeness (QED) is 0.807. The highest BCUT2D eigenvalue weighted by atomic mass is 16.5. The monoisotopic (exact) mass is 343 g/mol. The molecule has 3 heterocycles. The Morgan fingerprint density at radius 3 is 2.68 bits per heavy atom. The molecule has 0 spiro atoms. The Morgan fingerprint density at radius 1 is 1.28 bits per heavy atom. The van der Waals surface area contributed by atoms with Crippen molar-refractivity contribution in [1.82, 2.24) is 9.88 Å². The van der Waals surface area contributed by atoms with E-state index in [1.807, 2.05) is 29.2 Å². The lowest BCUT2D eigenvalue weighted by Gasteiger charge is -2.28. The van der Waals surface area contributed by atoms with Crippen LogP contribution in [0.1, 0.15) is 30.0 Å². The third-order valence-corrected chi connectivity index (χ3v) is 4.13. The molecule has 0 aliphatic carbocycles. The van der Waals surface area contributed by atoms with Gasteiger partial charge in [0.2, 0.25) is 0 Å². The van der Waals surface area contributed by atoms with Gasteiger partial charge in [-0.3, -0.25) is 4.79 Å². The number of rotatable bonds is 6. The van der Waals surface area contributed by atoms with Gasteiger partial charge in [-0.2, -0.15) is 0 Å². The molecular formula is C19H25N3O3. The molecule has 1 saturated heterocycles. The average molecular weight is 343 g/mol. The lowest BCUT2D eigenvalue weighted by molar-refractivity contribution is 0.0709. The molecule has 0 radical (unpaired) electrons. The summed E-state index contributed by atoms with van der Waals surface area (Å²) < 4.78 is 10.8. The first-order valence-electron chi connectivity index (χ1n) is 8.74.